The maximum Gasteiger partial charge on any atom is 0.247 e. The zero-order valence-electron chi connectivity index (χ0n) is 26.9. The highest BCUT2D eigenvalue weighted by molar-refractivity contribution is 6.30. The Kier molecular flexibility index (Phi) is 10.4. The number of piperidine rings is 1. The molecular weight excluding hydrogens is 623 g/mol. The largest absolute Gasteiger partial charge is 0.494 e. The molecule has 47 heavy (non-hydrogen) atoms. The number of hydrogen-bond donors (Lipinski definition) is 2. The predicted octanol–water partition coefficient (Wildman–Crippen LogP) is 5.64. The summed E-state index contributed by atoms with van der Waals surface area (Å²) in [4.78, 5) is 34.8. The SMILES string of the molecule is C=CC(=O)Nc1cc(Nc2cc(N3OCC[C@@H]3c3ccc(F)c(Cl)c3)ncn2)c(OC)cc1N1CCC(N2CCN(CC)CC2)CC1. The highest BCUT2D eigenvalue weighted by atomic mass is 35.5. The number of anilines is 5. The minimum Gasteiger partial charge on any atom is -0.494 e. The molecule has 0 radical (unpaired) electrons. The molecular formula is C34H42ClFN8O3. The number of carbonyl (C=O) groups is 1. The van der Waals surface area contributed by atoms with Crippen LogP contribution in [0.4, 0.5) is 33.1 Å². The summed E-state index contributed by atoms with van der Waals surface area (Å²) in [6.45, 7) is 13.7. The minimum atomic E-state index is -0.469. The van der Waals surface area contributed by atoms with E-state index < -0.39 is 5.82 Å². The Labute approximate surface area is 280 Å². The molecule has 1 aromatic heterocycles. The van der Waals surface area contributed by atoms with Crippen LogP contribution in [0.5, 0.6) is 5.75 Å². The second kappa shape index (κ2) is 14.8. The fraction of sp³-hybridized carbons (Fsp3) is 0.441. The van der Waals surface area contributed by atoms with Crippen LogP contribution in [0.3, 0.4) is 0 Å². The van der Waals surface area contributed by atoms with Crippen LogP contribution in [0.15, 0.2) is 55.4 Å². The second-order valence-electron chi connectivity index (χ2n) is 12.0. The Morgan fingerprint density at radius 2 is 1.87 bits per heavy atom. The Morgan fingerprint density at radius 3 is 2.57 bits per heavy atom. The number of benzene rings is 2. The lowest BCUT2D eigenvalue weighted by atomic mass is 10.0. The number of nitrogens with one attached hydrogen (secondary N) is 2. The average molecular weight is 665 g/mol. The first-order valence-electron chi connectivity index (χ1n) is 16.2. The average Bonchev–Trinajstić information content (AvgIpc) is 3.60. The highest BCUT2D eigenvalue weighted by Gasteiger charge is 2.31. The zero-order valence-corrected chi connectivity index (χ0v) is 27.7. The third-order valence-corrected chi connectivity index (χ3v) is 9.60. The molecule has 2 N–H and O–H groups in total. The van der Waals surface area contributed by atoms with Gasteiger partial charge in [-0.15, -0.1) is 0 Å². The molecule has 3 aliphatic heterocycles. The Bertz CT molecular complexity index is 1580. The first kappa shape index (κ1) is 33.0. The fourth-order valence-corrected chi connectivity index (χ4v) is 6.88. The maximum absolute atomic E-state index is 13.8. The zero-order chi connectivity index (χ0) is 32.9. The Hall–Kier alpha value is -3.97. The molecule has 250 valence electrons. The van der Waals surface area contributed by atoms with Crippen LogP contribution in [0, 0.1) is 5.82 Å². The predicted molar refractivity (Wildman–Crippen MR) is 183 cm³/mol. The third kappa shape index (κ3) is 7.46. The smallest absolute Gasteiger partial charge is 0.247 e. The lowest BCUT2D eigenvalue weighted by Gasteiger charge is -2.43. The van der Waals surface area contributed by atoms with Gasteiger partial charge in [0.05, 0.1) is 41.8 Å². The molecule has 3 saturated heterocycles. The van der Waals surface area contributed by atoms with E-state index in [1.807, 2.05) is 12.1 Å². The van der Waals surface area contributed by atoms with Crippen molar-refractivity contribution in [1.82, 2.24) is 19.8 Å². The first-order chi connectivity index (χ1) is 22.9. The quantitative estimate of drug-likeness (QED) is 0.265. The van der Waals surface area contributed by atoms with Crippen LogP contribution in [-0.4, -0.2) is 91.2 Å². The molecule has 0 spiro atoms. The lowest BCUT2D eigenvalue weighted by molar-refractivity contribution is -0.111. The van der Waals surface area contributed by atoms with E-state index in [0.717, 1.165) is 69.9 Å². The van der Waals surface area contributed by atoms with Crippen molar-refractivity contribution in [2.75, 3.05) is 80.1 Å². The van der Waals surface area contributed by atoms with Crippen LogP contribution in [0.25, 0.3) is 0 Å². The molecule has 11 nitrogen and oxygen atoms in total. The van der Waals surface area contributed by atoms with E-state index in [4.69, 9.17) is 21.2 Å². The van der Waals surface area contributed by atoms with Gasteiger partial charge in [-0.2, -0.15) is 0 Å². The number of ether oxygens (including phenoxy) is 1. The normalized spacial score (nSPS) is 19.5. The molecule has 4 heterocycles. The van der Waals surface area contributed by atoms with E-state index in [1.165, 1.54) is 18.5 Å². The summed E-state index contributed by atoms with van der Waals surface area (Å²) in [7, 11) is 1.62. The number of hydrogen-bond acceptors (Lipinski definition) is 10. The van der Waals surface area contributed by atoms with Gasteiger partial charge in [-0.05, 0) is 49.2 Å². The van der Waals surface area contributed by atoms with Gasteiger partial charge in [-0.25, -0.2) is 19.4 Å². The number of halogens is 2. The number of piperazine rings is 1. The van der Waals surface area contributed by atoms with Gasteiger partial charge >= 0.3 is 0 Å². The summed E-state index contributed by atoms with van der Waals surface area (Å²) < 4.78 is 19.7. The molecule has 0 aliphatic carbocycles. The van der Waals surface area contributed by atoms with Crippen LogP contribution >= 0.6 is 11.6 Å². The maximum atomic E-state index is 13.8. The van der Waals surface area contributed by atoms with Crippen LogP contribution in [0.2, 0.25) is 5.02 Å². The molecule has 1 atom stereocenters. The number of hydroxylamine groups is 1. The fourth-order valence-electron chi connectivity index (χ4n) is 6.69. The molecule has 3 aliphatic rings. The topological polar surface area (TPSA) is 98.3 Å². The first-order valence-corrected chi connectivity index (χ1v) is 16.6. The summed E-state index contributed by atoms with van der Waals surface area (Å²) in [6.07, 6.45) is 5.50. The summed E-state index contributed by atoms with van der Waals surface area (Å²) in [5, 5.41) is 8.10. The molecule has 13 heteroatoms. The van der Waals surface area contributed by atoms with Crippen molar-refractivity contribution >= 4 is 46.2 Å². The van der Waals surface area contributed by atoms with E-state index in [2.05, 4.69) is 48.8 Å². The minimum absolute atomic E-state index is 0.0594. The van der Waals surface area contributed by atoms with Crippen molar-refractivity contribution in [2.24, 2.45) is 0 Å². The summed E-state index contributed by atoms with van der Waals surface area (Å²) in [5.41, 5.74) is 2.99. The number of amides is 1. The standard InChI is InChI=1S/C34H42ClFN8O3/c1-4-34(45)40-27-19-28(31(46-3)20-30(27)43-11-8-24(9-12-43)42-15-13-41(5-2)14-16-42)39-32-21-33(38-22-37-32)44-29(10-17-47-44)23-6-7-26(36)25(35)18-23/h4,6-7,18-22,24,29H,1,5,8-17H2,2-3H3,(H,40,45)(H,37,38,39)/t29-/m1/s1. The number of nitrogens with zero attached hydrogens (tertiary/aromatic N) is 6. The van der Waals surface area contributed by atoms with E-state index in [-0.39, 0.29) is 17.0 Å². The summed E-state index contributed by atoms with van der Waals surface area (Å²) >= 11 is 6.07. The molecule has 1 amide bonds. The van der Waals surface area contributed by atoms with Crippen molar-refractivity contribution in [1.29, 1.82) is 0 Å². The Balaban J connectivity index is 1.21. The molecule has 3 aromatic rings. The van der Waals surface area contributed by atoms with Crippen LogP contribution in [-0.2, 0) is 9.63 Å². The molecule has 0 saturated carbocycles. The number of likely N-dealkylation sites (N-methyl/N-ethyl adjacent to an activating group) is 1. The molecule has 3 fully saturated rings. The van der Waals surface area contributed by atoms with Gasteiger partial charge < -0.3 is 25.2 Å². The van der Waals surface area contributed by atoms with Gasteiger partial charge in [0.15, 0.2) is 5.82 Å². The van der Waals surface area contributed by atoms with E-state index in [9.17, 15) is 9.18 Å². The monoisotopic (exact) mass is 664 g/mol. The van der Waals surface area contributed by atoms with Crippen molar-refractivity contribution < 1.29 is 18.8 Å². The molecule has 2 aromatic carbocycles. The molecule has 0 unspecified atom stereocenters. The van der Waals surface area contributed by atoms with Gasteiger partial charge in [0.2, 0.25) is 5.91 Å². The van der Waals surface area contributed by atoms with Crippen molar-refractivity contribution in [2.45, 2.75) is 38.3 Å². The van der Waals surface area contributed by atoms with E-state index in [0.29, 0.717) is 47.8 Å². The molecule has 0 bridgehead atoms. The van der Waals surface area contributed by atoms with Gasteiger partial charge in [0.25, 0.3) is 0 Å². The number of carbonyl (C=O) groups excluding carboxylic acids is 1. The van der Waals surface area contributed by atoms with Crippen LogP contribution in [0.1, 0.15) is 37.8 Å². The van der Waals surface area contributed by atoms with Crippen LogP contribution < -0.4 is 25.3 Å². The number of methoxy groups -OCH3 is 1. The van der Waals surface area contributed by atoms with Gasteiger partial charge in [0.1, 0.15) is 23.7 Å². The highest BCUT2D eigenvalue weighted by Crippen LogP contribution is 2.41. The second-order valence-corrected chi connectivity index (χ2v) is 12.4. The molecule has 6 rings (SSSR count). The number of rotatable bonds is 10. The summed E-state index contributed by atoms with van der Waals surface area (Å²) in [6, 6.07) is 10.6. The lowest BCUT2D eigenvalue weighted by Crippen LogP contribution is -2.53. The van der Waals surface area contributed by atoms with Crippen molar-refractivity contribution in [3.8, 4) is 5.75 Å². The van der Waals surface area contributed by atoms with E-state index in [1.54, 1.807) is 30.4 Å². The Morgan fingerprint density at radius 1 is 1.09 bits per heavy atom. The third-order valence-electron chi connectivity index (χ3n) is 9.31. The van der Waals surface area contributed by atoms with Gasteiger partial charge in [-0.3, -0.25) is 14.5 Å². The number of aromatic nitrogens is 2. The summed E-state index contributed by atoms with van der Waals surface area (Å²) in [5.74, 6) is 0.862. The van der Waals surface area contributed by atoms with Gasteiger partial charge in [-0.1, -0.05) is 31.2 Å². The van der Waals surface area contributed by atoms with Gasteiger partial charge in [0, 0.05) is 63.9 Å². The van der Waals surface area contributed by atoms with Crippen molar-refractivity contribution in [3.05, 3.63) is 71.8 Å². The van der Waals surface area contributed by atoms with Crippen molar-refractivity contribution in [3.63, 3.8) is 0 Å². The van der Waals surface area contributed by atoms with E-state index >= 15 is 0 Å².